The molecule has 0 aromatic heterocycles. The molecule has 2 aromatic carbocycles. The number of benzene rings is 2. The second-order valence-corrected chi connectivity index (χ2v) is 6.35. The van der Waals surface area contributed by atoms with Crippen molar-refractivity contribution in [2.45, 2.75) is 19.8 Å². The predicted molar refractivity (Wildman–Crippen MR) is 104 cm³/mol. The molecule has 8 heteroatoms. The van der Waals surface area contributed by atoms with Crippen LogP contribution in [0, 0.1) is 5.82 Å². The number of carbonyl (C=O) groups is 2. The molecule has 6 nitrogen and oxygen atoms in total. The molecule has 2 amide bonds. The molecule has 0 radical (unpaired) electrons. The zero-order chi connectivity index (χ0) is 19.8. The van der Waals surface area contributed by atoms with Gasteiger partial charge < -0.3 is 4.74 Å². The monoisotopic (exact) mass is 389 g/mol. The second kappa shape index (κ2) is 9.63. The molecule has 0 aliphatic rings. The van der Waals surface area contributed by atoms with Gasteiger partial charge in [-0.3, -0.25) is 25.8 Å². The topological polar surface area (TPSA) is 79.5 Å². The highest BCUT2D eigenvalue weighted by molar-refractivity contribution is 7.80. The number of amides is 2. The van der Waals surface area contributed by atoms with Crippen LogP contribution in [0.1, 0.15) is 35.7 Å². The van der Waals surface area contributed by atoms with Crippen molar-refractivity contribution in [3.8, 4) is 5.75 Å². The Morgan fingerprint density at radius 3 is 2.41 bits per heavy atom. The summed E-state index contributed by atoms with van der Waals surface area (Å²) in [7, 11) is 0. The van der Waals surface area contributed by atoms with Crippen molar-refractivity contribution < 1.29 is 18.7 Å². The number of para-hydroxylation sites is 1. The molecule has 0 spiro atoms. The maximum absolute atomic E-state index is 12.9. The number of thiocarbonyl (C=S) groups is 1. The van der Waals surface area contributed by atoms with Crippen molar-refractivity contribution in [3.05, 3.63) is 65.5 Å². The Morgan fingerprint density at radius 2 is 1.74 bits per heavy atom. The molecule has 0 bridgehead atoms. The number of hydrazine groups is 1. The summed E-state index contributed by atoms with van der Waals surface area (Å²) in [6, 6.07) is 12.5. The Hall–Kier alpha value is -3.00. The van der Waals surface area contributed by atoms with Gasteiger partial charge in [-0.05, 0) is 54.0 Å². The van der Waals surface area contributed by atoms with Crippen LogP contribution in [0.25, 0.3) is 0 Å². The number of halogens is 1. The summed E-state index contributed by atoms with van der Waals surface area (Å²) in [4.78, 5) is 23.8. The quantitative estimate of drug-likeness (QED) is 0.541. The summed E-state index contributed by atoms with van der Waals surface area (Å²) in [5, 5.41) is 2.28. The fourth-order valence-corrected chi connectivity index (χ4v) is 2.35. The fraction of sp³-hybridized carbons (Fsp3) is 0.211. The molecule has 3 N–H and O–H groups in total. The van der Waals surface area contributed by atoms with E-state index >= 15 is 0 Å². The number of hydrogen-bond donors (Lipinski definition) is 3. The molecule has 0 fully saturated rings. The number of hydrogen-bond acceptors (Lipinski definition) is 4. The van der Waals surface area contributed by atoms with E-state index in [1.54, 1.807) is 6.07 Å². The van der Waals surface area contributed by atoms with E-state index in [-0.39, 0.29) is 23.2 Å². The van der Waals surface area contributed by atoms with Gasteiger partial charge in [0.15, 0.2) is 11.7 Å². The van der Waals surface area contributed by atoms with Crippen molar-refractivity contribution in [3.63, 3.8) is 0 Å². The van der Waals surface area contributed by atoms with Crippen LogP contribution in [0.5, 0.6) is 5.75 Å². The van der Waals surface area contributed by atoms with Gasteiger partial charge in [0, 0.05) is 5.56 Å². The highest BCUT2D eigenvalue weighted by atomic mass is 32.1. The van der Waals surface area contributed by atoms with Crippen LogP contribution in [-0.2, 0) is 4.79 Å². The Bertz CT molecular complexity index is 825. The van der Waals surface area contributed by atoms with Crippen molar-refractivity contribution >= 4 is 29.1 Å². The first-order chi connectivity index (χ1) is 12.9. The maximum Gasteiger partial charge on any atom is 0.276 e. The molecule has 0 unspecified atom stereocenters. The molecule has 0 aliphatic heterocycles. The van der Waals surface area contributed by atoms with Crippen LogP contribution in [0.2, 0.25) is 0 Å². The SMILES string of the molecule is CC(C)c1ccccc1OCC(=O)NNC(=S)NC(=O)c1ccc(F)cc1. The number of carbonyl (C=O) groups excluding carboxylic acids is 2. The molecule has 27 heavy (non-hydrogen) atoms. The van der Waals surface area contributed by atoms with Gasteiger partial charge in [-0.25, -0.2) is 4.39 Å². The molecular formula is C19H20FN3O3S. The first-order valence-electron chi connectivity index (χ1n) is 8.24. The summed E-state index contributed by atoms with van der Waals surface area (Å²) in [5.41, 5.74) is 5.99. The predicted octanol–water partition coefficient (Wildman–Crippen LogP) is 2.66. The van der Waals surface area contributed by atoms with Crippen LogP contribution >= 0.6 is 12.2 Å². The lowest BCUT2D eigenvalue weighted by molar-refractivity contribution is -0.123. The molecule has 0 saturated heterocycles. The summed E-state index contributed by atoms with van der Waals surface area (Å²) < 4.78 is 18.4. The van der Waals surface area contributed by atoms with Gasteiger partial charge in [0.1, 0.15) is 11.6 Å². The average molecular weight is 389 g/mol. The molecule has 2 rings (SSSR count). The zero-order valence-electron chi connectivity index (χ0n) is 14.9. The van der Waals surface area contributed by atoms with E-state index in [2.05, 4.69) is 16.2 Å². The smallest absolute Gasteiger partial charge is 0.276 e. The van der Waals surface area contributed by atoms with E-state index in [0.29, 0.717) is 5.75 Å². The number of ether oxygens (including phenoxy) is 1. The summed E-state index contributed by atoms with van der Waals surface area (Å²) >= 11 is 4.93. The zero-order valence-corrected chi connectivity index (χ0v) is 15.7. The molecule has 142 valence electrons. The van der Waals surface area contributed by atoms with Crippen LogP contribution in [0.4, 0.5) is 4.39 Å². The van der Waals surface area contributed by atoms with Gasteiger partial charge in [-0.1, -0.05) is 32.0 Å². The van der Waals surface area contributed by atoms with Crippen molar-refractivity contribution in [2.75, 3.05) is 6.61 Å². The first-order valence-corrected chi connectivity index (χ1v) is 8.65. The molecule has 2 aromatic rings. The van der Waals surface area contributed by atoms with Crippen molar-refractivity contribution in [1.29, 1.82) is 0 Å². The highest BCUT2D eigenvalue weighted by Crippen LogP contribution is 2.25. The normalized spacial score (nSPS) is 10.2. The first kappa shape index (κ1) is 20.3. The standard InChI is InChI=1S/C19H20FN3O3S/c1-12(2)15-5-3-4-6-16(15)26-11-17(24)22-23-19(27)21-18(25)13-7-9-14(20)10-8-13/h3-10,12H,11H2,1-2H3,(H,22,24)(H2,21,23,25,27). The van der Waals surface area contributed by atoms with Crippen LogP contribution in [0.15, 0.2) is 48.5 Å². The maximum atomic E-state index is 12.9. The summed E-state index contributed by atoms with van der Waals surface area (Å²) in [5.74, 6) is -0.541. The van der Waals surface area contributed by atoms with Crippen LogP contribution < -0.4 is 20.9 Å². The Labute approximate surface area is 162 Å². The molecule has 0 saturated carbocycles. The van der Waals surface area contributed by atoms with E-state index in [9.17, 15) is 14.0 Å². The van der Waals surface area contributed by atoms with Gasteiger partial charge >= 0.3 is 0 Å². The van der Waals surface area contributed by atoms with Gasteiger partial charge in [0.25, 0.3) is 11.8 Å². The van der Waals surface area contributed by atoms with E-state index < -0.39 is 17.6 Å². The third-order valence-electron chi connectivity index (χ3n) is 3.55. The summed E-state index contributed by atoms with van der Waals surface area (Å²) in [6.07, 6.45) is 0. The number of rotatable bonds is 5. The lowest BCUT2D eigenvalue weighted by Crippen LogP contribution is -2.49. The van der Waals surface area contributed by atoms with Crippen molar-refractivity contribution in [1.82, 2.24) is 16.2 Å². The second-order valence-electron chi connectivity index (χ2n) is 5.94. The Kier molecular flexibility index (Phi) is 7.25. The Balaban J connectivity index is 1.77. The minimum absolute atomic E-state index is 0.0970. The van der Waals surface area contributed by atoms with E-state index in [1.165, 1.54) is 24.3 Å². The third-order valence-corrected chi connectivity index (χ3v) is 3.75. The lowest BCUT2D eigenvalue weighted by atomic mass is 10.0. The van der Waals surface area contributed by atoms with E-state index in [0.717, 1.165) is 5.56 Å². The van der Waals surface area contributed by atoms with E-state index in [1.807, 2.05) is 32.0 Å². The third kappa shape index (κ3) is 6.34. The van der Waals surface area contributed by atoms with Crippen LogP contribution in [0.3, 0.4) is 0 Å². The Morgan fingerprint density at radius 1 is 1.07 bits per heavy atom. The fourth-order valence-electron chi connectivity index (χ4n) is 2.20. The minimum atomic E-state index is -0.524. The number of nitrogens with one attached hydrogen (secondary N) is 3. The lowest BCUT2D eigenvalue weighted by Gasteiger charge is -2.14. The van der Waals surface area contributed by atoms with Gasteiger partial charge in [-0.2, -0.15) is 0 Å². The van der Waals surface area contributed by atoms with Gasteiger partial charge in [0.05, 0.1) is 0 Å². The molecule has 0 aliphatic carbocycles. The molecular weight excluding hydrogens is 369 g/mol. The summed E-state index contributed by atoms with van der Waals surface area (Å²) in [6.45, 7) is 3.85. The van der Waals surface area contributed by atoms with E-state index in [4.69, 9.17) is 17.0 Å². The van der Waals surface area contributed by atoms with Crippen molar-refractivity contribution in [2.24, 2.45) is 0 Å². The molecule has 0 heterocycles. The van der Waals surface area contributed by atoms with Gasteiger partial charge in [0.2, 0.25) is 0 Å². The largest absolute Gasteiger partial charge is 0.483 e. The highest BCUT2D eigenvalue weighted by Gasteiger charge is 2.11. The minimum Gasteiger partial charge on any atom is -0.483 e. The average Bonchev–Trinajstić information content (AvgIpc) is 2.65. The van der Waals surface area contributed by atoms with Gasteiger partial charge in [-0.15, -0.1) is 0 Å². The molecule has 0 atom stereocenters. The van der Waals surface area contributed by atoms with Crippen LogP contribution in [-0.4, -0.2) is 23.5 Å².